The zero-order valence-corrected chi connectivity index (χ0v) is 12.5. The Labute approximate surface area is 131 Å². The Morgan fingerprint density at radius 3 is 2.86 bits per heavy atom. The molecule has 0 amide bonds. The van der Waals surface area contributed by atoms with Crippen LogP contribution >= 0.6 is 11.8 Å². The molecule has 0 aliphatic carbocycles. The summed E-state index contributed by atoms with van der Waals surface area (Å²) in [4.78, 5) is 9.23. The van der Waals surface area contributed by atoms with Crippen molar-refractivity contribution in [1.29, 1.82) is 5.26 Å². The number of pyridine rings is 2. The average Bonchev–Trinajstić information content (AvgIpc) is 2.94. The number of nitriles is 1. The van der Waals surface area contributed by atoms with E-state index in [0.29, 0.717) is 11.5 Å². The van der Waals surface area contributed by atoms with Gasteiger partial charge in [0.05, 0.1) is 12.4 Å². The molecule has 6 nitrogen and oxygen atoms in total. The molecule has 0 unspecified atom stereocenters. The van der Waals surface area contributed by atoms with Crippen molar-refractivity contribution < 1.29 is 4.74 Å². The summed E-state index contributed by atoms with van der Waals surface area (Å²) in [5.41, 5.74) is 0.231. The second-order valence-corrected chi connectivity index (χ2v) is 5.45. The lowest BCUT2D eigenvalue weighted by Gasteiger charge is -2.06. The van der Waals surface area contributed by atoms with E-state index in [-0.39, 0.29) is 5.69 Å². The third-order valence-electron chi connectivity index (χ3n) is 2.70. The zero-order chi connectivity index (χ0) is 15.4. The molecule has 0 saturated carbocycles. The standard InChI is InChI=1S/C15H11N5OS/c1-20-10-11(8-19-20)21-14-6-12(9-18-13(14)7-16)22-15-4-2-3-5-17-15/h2-6,8-10H,1H3. The Bertz CT molecular complexity index is 825. The van der Waals surface area contributed by atoms with Crippen LogP contribution < -0.4 is 4.74 Å². The summed E-state index contributed by atoms with van der Waals surface area (Å²) in [6.45, 7) is 0. The highest BCUT2D eigenvalue weighted by atomic mass is 32.2. The molecule has 108 valence electrons. The molecular weight excluding hydrogens is 298 g/mol. The molecule has 0 aliphatic heterocycles. The molecule has 3 heterocycles. The lowest BCUT2D eigenvalue weighted by atomic mass is 10.3. The molecule has 0 bridgehead atoms. The first-order valence-electron chi connectivity index (χ1n) is 6.40. The van der Waals surface area contributed by atoms with Gasteiger partial charge < -0.3 is 4.74 Å². The summed E-state index contributed by atoms with van der Waals surface area (Å²) < 4.78 is 7.32. The maximum absolute atomic E-state index is 9.15. The first-order valence-corrected chi connectivity index (χ1v) is 7.22. The van der Waals surface area contributed by atoms with Crippen LogP contribution in [-0.2, 0) is 7.05 Å². The van der Waals surface area contributed by atoms with Gasteiger partial charge in [-0.15, -0.1) is 0 Å². The number of aromatic nitrogens is 4. The predicted molar refractivity (Wildman–Crippen MR) is 80.6 cm³/mol. The molecule has 0 aliphatic rings. The van der Waals surface area contributed by atoms with Crippen LogP contribution in [0.5, 0.6) is 11.5 Å². The van der Waals surface area contributed by atoms with Gasteiger partial charge in [0, 0.05) is 24.3 Å². The molecule has 0 aromatic carbocycles. The fraction of sp³-hybridized carbons (Fsp3) is 0.0667. The minimum absolute atomic E-state index is 0.231. The largest absolute Gasteiger partial charge is 0.451 e. The van der Waals surface area contributed by atoms with Crippen LogP contribution in [0.4, 0.5) is 0 Å². The second-order valence-electron chi connectivity index (χ2n) is 4.35. The van der Waals surface area contributed by atoms with Crippen LogP contribution in [0.25, 0.3) is 0 Å². The minimum atomic E-state index is 0.231. The Kier molecular flexibility index (Phi) is 4.03. The van der Waals surface area contributed by atoms with E-state index < -0.39 is 0 Å². The highest BCUT2D eigenvalue weighted by molar-refractivity contribution is 7.99. The van der Waals surface area contributed by atoms with Crippen molar-refractivity contribution in [3.8, 4) is 17.6 Å². The molecule has 3 aromatic rings. The van der Waals surface area contributed by atoms with E-state index >= 15 is 0 Å². The molecule has 0 saturated heterocycles. The van der Waals surface area contributed by atoms with Gasteiger partial charge in [-0.1, -0.05) is 17.8 Å². The summed E-state index contributed by atoms with van der Waals surface area (Å²) in [5.74, 6) is 0.956. The van der Waals surface area contributed by atoms with Gasteiger partial charge in [0.15, 0.2) is 17.2 Å². The van der Waals surface area contributed by atoms with E-state index in [4.69, 9.17) is 10.00 Å². The molecule has 3 rings (SSSR count). The fourth-order valence-electron chi connectivity index (χ4n) is 1.75. The normalized spacial score (nSPS) is 10.2. The lowest BCUT2D eigenvalue weighted by molar-refractivity contribution is 0.476. The lowest BCUT2D eigenvalue weighted by Crippen LogP contribution is -1.92. The summed E-state index contributed by atoms with van der Waals surface area (Å²) >= 11 is 1.45. The Morgan fingerprint density at radius 1 is 1.27 bits per heavy atom. The van der Waals surface area contributed by atoms with E-state index in [1.807, 2.05) is 24.3 Å². The van der Waals surface area contributed by atoms with Crippen LogP contribution in [0.2, 0.25) is 0 Å². The fourth-order valence-corrected chi connectivity index (χ4v) is 2.52. The SMILES string of the molecule is Cn1cc(Oc2cc(Sc3ccccn3)cnc2C#N)cn1. The quantitative estimate of drug-likeness (QED) is 0.737. The highest BCUT2D eigenvalue weighted by Crippen LogP contribution is 2.31. The minimum Gasteiger partial charge on any atom is -0.451 e. The van der Waals surface area contributed by atoms with E-state index in [0.717, 1.165) is 9.92 Å². The first kappa shape index (κ1) is 14.1. The number of hydrogen-bond donors (Lipinski definition) is 0. The average molecular weight is 309 g/mol. The summed E-state index contributed by atoms with van der Waals surface area (Å²) in [7, 11) is 1.80. The molecule has 0 atom stereocenters. The third kappa shape index (κ3) is 3.24. The maximum atomic E-state index is 9.15. The molecular formula is C15H11N5OS. The van der Waals surface area contributed by atoms with Gasteiger partial charge in [-0.3, -0.25) is 4.68 Å². The van der Waals surface area contributed by atoms with E-state index in [2.05, 4.69) is 15.1 Å². The molecule has 0 radical (unpaired) electrons. The number of aryl methyl sites for hydroxylation is 1. The van der Waals surface area contributed by atoms with E-state index in [1.165, 1.54) is 11.8 Å². The number of hydrogen-bond acceptors (Lipinski definition) is 6. The smallest absolute Gasteiger partial charge is 0.183 e. The molecule has 3 aromatic heterocycles. The summed E-state index contributed by atoms with van der Waals surface area (Å²) in [6, 6.07) is 9.48. The molecule has 22 heavy (non-hydrogen) atoms. The van der Waals surface area contributed by atoms with Crippen LogP contribution in [0.1, 0.15) is 5.69 Å². The van der Waals surface area contributed by atoms with Crippen molar-refractivity contribution in [2.45, 2.75) is 9.92 Å². The Hall–Kier alpha value is -2.85. The molecule has 0 N–H and O–H groups in total. The third-order valence-corrected chi connectivity index (χ3v) is 3.61. The summed E-state index contributed by atoms with van der Waals surface area (Å²) in [6.07, 6.45) is 6.67. The second kappa shape index (κ2) is 6.28. The van der Waals surface area contributed by atoms with Crippen molar-refractivity contribution in [2.24, 2.45) is 7.05 Å². The van der Waals surface area contributed by atoms with Crippen LogP contribution in [0, 0.1) is 11.3 Å². The number of nitrogens with zero attached hydrogens (tertiary/aromatic N) is 5. The van der Waals surface area contributed by atoms with E-state index in [9.17, 15) is 0 Å². The van der Waals surface area contributed by atoms with Gasteiger partial charge in [0.1, 0.15) is 11.1 Å². The monoisotopic (exact) mass is 309 g/mol. The van der Waals surface area contributed by atoms with Gasteiger partial charge in [0.2, 0.25) is 0 Å². The van der Waals surface area contributed by atoms with Crippen molar-refractivity contribution in [3.05, 3.63) is 54.7 Å². The van der Waals surface area contributed by atoms with Crippen LogP contribution in [-0.4, -0.2) is 19.7 Å². The summed E-state index contributed by atoms with van der Waals surface area (Å²) in [5, 5.41) is 14.0. The van der Waals surface area contributed by atoms with Gasteiger partial charge in [-0.2, -0.15) is 10.4 Å². The first-order chi connectivity index (χ1) is 10.7. The van der Waals surface area contributed by atoms with Gasteiger partial charge >= 0.3 is 0 Å². The van der Waals surface area contributed by atoms with E-state index in [1.54, 1.807) is 42.6 Å². The van der Waals surface area contributed by atoms with Crippen molar-refractivity contribution in [2.75, 3.05) is 0 Å². The Morgan fingerprint density at radius 2 is 2.18 bits per heavy atom. The Balaban J connectivity index is 1.88. The van der Waals surface area contributed by atoms with Gasteiger partial charge in [0.25, 0.3) is 0 Å². The van der Waals surface area contributed by atoms with Gasteiger partial charge in [-0.25, -0.2) is 9.97 Å². The topological polar surface area (TPSA) is 76.6 Å². The molecule has 0 fully saturated rings. The van der Waals surface area contributed by atoms with Crippen LogP contribution in [0.15, 0.2) is 59.0 Å². The van der Waals surface area contributed by atoms with Crippen molar-refractivity contribution >= 4 is 11.8 Å². The molecule has 0 spiro atoms. The maximum Gasteiger partial charge on any atom is 0.183 e. The zero-order valence-electron chi connectivity index (χ0n) is 11.7. The predicted octanol–water partition coefficient (Wildman–Crippen LogP) is 3.03. The van der Waals surface area contributed by atoms with Crippen LogP contribution in [0.3, 0.4) is 0 Å². The van der Waals surface area contributed by atoms with Crippen molar-refractivity contribution in [1.82, 2.24) is 19.7 Å². The number of ether oxygens (including phenoxy) is 1. The van der Waals surface area contributed by atoms with Gasteiger partial charge in [-0.05, 0) is 18.2 Å². The number of rotatable bonds is 4. The highest BCUT2D eigenvalue weighted by Gasteiger charge is 2.10. The van der Waals surface area contributed by atoms with Crippen molar-refractivity contribution in [3.63, 3.8) is 0 Å². The molecule has 7 heteroatoms.